The largest absolute Gasteiger partial charge is 0.477 e. The zero-order chi connectivity index (χ0) is 14.7. The lowest BCUT2D eigenvalue weighted by Crippen LogP contribution is -2.34. The standard InChI is InChI=1S/C14H19NO4S/c1-3-19-10-4-9(5-10)6-11(16)15-12-8(2)7-20-13(12)14(17)18/h7,9-10H,3-6H2,1-2H3,(H,15,16)(H,17,18). The number of amides is 1. The summed E-state index contributed by atoms with van der Waals surface area (Å²) in [7, 11) is 0. The Morgan fingerprint density at radius 3 is 2.80 bits per heavy atom. The van der Waals surface area contributed by atoms with E-state index in [0.29, 0.717) is 24.6 Å². The van der Waals surface area contributed by atoms with Crippen molar-refractivity contribution < 1.29 is 19.4 Å². The first-order valence-corrected chi connectivity index (χ1v) is 7.62. The Bertz CT molecular complexity index is 505. The minimum Gasteiger partial charge on any atom is -0.477 e. The van der Waals surface area contributed by atoms with Crippen LogP contribution in [0.5, 0.6) is 0 Å². The lowest BCUT2D eigenvalue weighted by Gasteiger charge is -2.34. The van der Waals surface area contributed by atoms with E-state index in [0.717, 1.165) is 29.7 Å². The third-order valence-electron chi connectivity index (χ3n) is 3.50. The summed E-state index contributed by atoms with van der Waals surface area (Å²) in [5.74, 6) is -0.772. The van der Waals surface area contributed by atoms with Crippen LogP contribution in [0.25, 0.3) is 0 Å². The number of rotatable bonds is 6. The van der Waals surface area contributed by atoms with Gasteiger partial charge in [-0.15, -0.1) is 11.3 Å². The number of anilines is 1. The molecule has 1 fully saturated rings. The molecule has 0 bridgehead atoms. The molecule has 110 valence electrons. The highest BCUT2D eigenvalue weighted by Gasteiger charge is 2.31. The van der Waals surface area contributed by atoms with Gasteiger partial charge in [0.2, 0.25) is 5.91 Å². The van der Waals surface area contributed by atoms with E-state index < -0.39 is 5.97 Å². The average Bonchev–Trinajstić information content (AvgIpc) is 2.68. The van der Waals surface area contributed by atoms with Crippen LogP contribution >= 0.6 is 11.3 Å². The minimum absolute atomic E-state index is 0.117. The molecule has 1 amide bonds. The predicted molar refractivity (Wildman–Crippen MR) is 77.4 cm³/mol. The summed E-state index contributed by atoms with van der Waals surface area (Å²) in [4.78, 5) is 23.2. The number of aryl methyl sites for hydroxylation is 1. The topological polar surface area (TPSA) is 75.6 Å². The molecule has 1 aliphatic carbocycles. The van der Waals surface area contributed by atoms with Crippen molar-refractivity contribution in [3.05, 3.63) is 15.8 Å². The normalized spacial score (nSPS) is 21.3. The third-order valence-corrected chi connectivity index (χ3v) is 4.59. The fourth-order valence-electron chi connectivity index (χ4n) is 2.42. The molecule has 0 aliphatic heterocycles. The van der Waals surface area contributed by atoms with Crippen LogP contribution in [-0.4, -0.2) is 29.7 Å². The van der Waals surface area contributed by atoms with Gasteiger partial charge in [-0.2, -0.15) is 0 Å². The fraction of sp³-hybridized carbons (Fsp3) is 0.571. The zero-order valence-electron chi connectivity index (χ0n) is 11.6. The van der Waals surface area contributed by atoms with Crippen LogP contribution in [0.15, 0.2) is 5.38 Å². The summed E-state index contributed by atoms with van der Waals surface area (Å²) in [6.45, 7) is 4.47. The molecule has 0 atom stereocenters. The zero-order valence-corrected chi connectivity index (χ0v) is 12.5. The Kier molecular flexibility index (Phi) is 4.77. The monoisotopic (exact) mass is 297 g/mol. The molecular weight excluding hydrogens is 278 g/mol. The maximum absolute atomic E-state index is 12.0. The number of hydrogen-bond acceptors (Lipinski definition) is 4. The summed E-state index contributed by atoms with van der Waals surface area (Å²) in [6, 6.07) is 0. The van der Waals surface area contributed by atoms with Crippen LogP contribution < -0.4 is 5.32 Å². The van der Waals surface area contributed by atoms with Gasteiger partial charge in [0.25, 0.3) is 0 Å². The SMILES string of the molecule is CCOC1CC(CC(=O)Nc2c(C)csc2C(=O)O)C1. The number of carboxylic acid groups (broad SMARTS) is 1. The smallest absolute Gasteiger partial charge is 0.348 e. The van der Waals surface area contributed by atoms with E-state index >= 15 is 0 Å². The van der Waals surface area contributed by atoms with E-state index in [-0.39, 0.29) is 16.9 Å². The summed E-state index contributed by atoms with van der Waals surface area (Å²) >= 11 is 1.14. The van der Waals surface area contributed by atoms with Crippen molar-refractivity contribution in [2.24, 2.45) is 5.92 Å². The van der Waals surface area contributed by atoms with Crippen LogP contribution in [0.4, 0.5) is 5.69 Å². The summed E-state index contributed by atoms with van der Waals surface area (Å²) in [5.41, 5.74) is 1.23. The van der Waals surface area contributed by atoms with Gasteiger partial charge in [-0.1, -0.05) is 0 Å². The molecule has 2 rings (SSSR count). The molecule has 2 N–H and O–H groups in total. The quantitative estimate of drug-likeness (QED) is 0.846. The van der Waals surface area contributed by atoms with E-state index in [1.165, 1.54) is 0 Å². The molecule has 0 radical (unpaired) electrons. The van der Waals surface area contributed by atoms with E-state index in [1.807, 2.05) is 6.92 Å². The van der Waals surface area contributed by atoms with Crippen molar-refractivity contribution in [1.29, 1.82) is 0 Å². The number of carbonyl (C=O) groups is 2. The van der Waals surface area contributed by atoms with Gasteiger partial charge in [0, 0.05) is 13.0 Å². The molecule has 1 aromatic heterocycles. The number of nitrogens with one attached hydrogen (secondary N) is 1. The van der Waals surface area contributed by atoms with Crippen LogP contribution in [-0.2, 0) is 9.53 Å². The average molecular weight is 297 g/mol. The Morgan fingerprint density at radius 2 is 2.20 bits per heavy atom. The first-order valence-electron chi connectivity index (χ1n) is 6.74. The predicted octanol–water partition coefficient (Wildman–Crippen LogP) is 2.90. The lowest BCUT2D eigenvalue weighted by molar-refractivity contribution is -0.119. The second-order valence-electron chi connectivity index (χ2n) is 5.10. The Hall–Kier alpha value is -1.40. The molecule has 0 unspecified atom stereocenters. The van der Waals surface area contributed by atoms with Crippen molar-refractivity contribution >= 4 is 28.9 Å². The number of hydrogen-bond donors (Lipinski definition) is 2. The number of thiophene rings is 1. The number of carboxylic acids is 1. The molecule has 0 spiro atoms. The van der Waals surface area contributed by atoms with Crippen LogP contribution in [0.3, 0.4) is 0 Å². The highest BCUT2D eigenvalue weighted by atomic mass is 32.1. The molecular formula is C14H19NO4S. The van der Waals surface area contributed by atoms with Gasteiger partial charge in [0.05, 0.1) is 11.8 Å². The van der Waals surface area contributed by atoms with E-state index in [4.69, 9.17) is 9.84 Å². The molecule has 20 heavy (non-hydrogen) atoms. The maximum Gasteiger partial charge on any atom is 0.348 e. The highest BCUT2D eigenvalue weighted by Crippen LogP contribution is 2.34. The second kappa shape index (κ2) is 6.37. The van der Waals surface area contributed by atoms with Crippen molar-refractivity contribution in [1.82, 2.24) is 0 Å². The molecule has 5 nitrogen and oxygen atoms in total. The highest BCUT2D eigenvalue weighted by molar-refractivity contribution is 7.12. The van der Waals surface area contributed by atoms with Gasteiger partial charge >= 0.3 is 5.97 Å². The lowest BCUT2D eigenvalue weighted by atomic mass is 9.80. The van der Waals surface area contributed by atoms with Crippen LogP contribution in [0.2, 0.25) is 0 Å². The first-order chi connectivity index (χ1) is 9.51. The third kappa shape index (κ3) is 3.37. The Labute approximate surface area is 121 Å². The van der Waals surface area contributed by atoms with Gasteiger partial charge < -0.3 is 15.2 Å². The minimum atomic E-state index is -1.00. The van der Waals surface area contributed by atoms with Gasteiger partial charge in [-0.05, 0) is 43.6 Å². The van der Waals surface area contributed by atoms with E-state index in [9.17, 15) is 9.59 Å². The Balaban J connectivity index is 1.87. The molecule has 0 saturated heterocycles. The molecule has 6 heteroatoms. The number of ether oxygens (including phenoxy) is 1. The van der Waals surface area contributed by atoms with Crippen molar-refractivity contribution in [3.8, 4) is 0 Å². The van der Waals surface area contributed by atoms with Crippen molar-refractivity contribution in [2.75, 3.05) is 11.9 Å². The van der Waals surface area contributed by atoms with Crippen LogP contribution in [0, 0.1) is 12.8 Å². The van der Waals surface area contributed by atoms with Gasteiger partial charge in [-0.3, -0.25) is 4.79 Å². The van der Waals surface area contributed by atoms with Crippen LogP contribution in [0.1, 0.15) is 41.4 Å². The molecule has 0 aromatic carbocycles. The number of aromatic carboxylic acids is 1. The van der Waals surface area contributed by atoms with Gasteiger partial charge in [0.1, 0.15) is 4.88 Å². The maximum atomic E-state index is 12.0. The van der Waals surface area contributed by atoms with Crippen molar-refractivity contribution in [3.63, 3.8) is 0 Å². The second-order valence-corrected chi connectivity index (χ2v) is 5.97. The van der Waals surface area contributed by atoms with Gasteiger partial charge in [0.15, 0.2) is 0 Å². The van der Waals surface area contributed by atoms with E-state index in [2.05, 4.69) is 5.32 Å². The number of carbonyl (C=O) groups excluding carboxylic acids is 1. The fourth-order valence-corrected chi connectivity index (χ4v) is 3.27. The molecule has 1 saturated carbocycles. The Morgan fingerprint density at radius 1 is 1.50 bits per heavy atom. The molecule has 1 aromatic rings. The molecule has 1 heterocycles. The van der Waals surface area contributed by atoms with E-state index in [1.54, 1.807) is 12.3 Å². The summed E-state index contributed by atoms with van der Waals surface area (Å²) in [5, 5.41) is 13.5. The summed E-state index contributed by atoms with van der Waals surface area (Å²) < 4.78 is 5.46. The van der Waals surface area contributed by atoms with Gasteiger partial charge in [-0.25, -0.2) is 4.79 Å². The summed E-state index contributed by atoms with van der Waals surface area (Å²) in [6.07, 6.45) is 2.54. The first kappa shape index (κ1) is 15.0. The van der Waals surface area contributed by atoms with Crippen molar-refractivity contribution in [2.45, 2.75) is 39.2 Å². The molecule has 1 aliphatic rings.